The van der Waals surface area contributed by atoms with E-state index in [-0.39, 0.29) is 11.8 Å². The van der Waals surface area contributed by atoms with Crippen LogP contribution in [0.15, 0.2) is 30.3 Å². The first kappa shape index (κ1) is 11.1. The minimum Gasteiger partial charge on any atom is -0.378 e. The van der Waals surface area contributed by atoms with E-state index in [9.17, 15) is 4.79 Å². The largest absolute Gasteiger partial charge is 0.378 e. The van der Waals surface area contributed by atoms with Crippen molar-refractivity contribution in [2.45, 2.75) is 25.3 Å². The predicted molar refractivity (Wildman–Crippen MR) is 65.6 cm³/mol. The van der Waals surface area contributed by atoms with Crippen LogP contribution < -0.4 is 10.6 Å². The van der Waals surface area contributed by atoms with Crippen LogP contribution in [0.5, 0.6) is 0 Å². The summed E-state index contributed by atoms with van der Waals surface area (Å²) in [6.45, 7) is 1.39. The number of rotatable bonds is 4. The van der Waals surface area contributed by atoms with Gasteiger partial charge in [0.15, 0.2) is 5.78 Å². The molecule has 0 amide bonds. The average molecular weight is 218 g/mol. The van der Waals surface area contributed by atoms with Gasteiger partial charge in [0.1, 0.15) is 0 Å². The summed E-state index contributed by atoms with van der Waals surface area (Å²) < 4.78 is 0. The number of carbonyl (C=O) groups excluding carboxylic acids is 1. The molecule has 0 radical (unpaired) electrons. The van der Waals surface area contributed by atoms with Gasteiger partial charge in [-0.05, 0) is 31.5 Å². The van der Waals surface area contributed by atoms with E-state index in [0.717, 1.165) is 25.1 Å². The number of piperidine rings is 1. The van der Waals surface area contributed by atoms with Crippen LogP contribution in [0.3, 0.4) is 0 Å². The fraction of sp³-hybridized carbons (Fsp3) is 0.462. The van der Waals surface area contributed by atoms with Crippen molar-refractivity contribution in [3.63, 3.8) is 0 Å². The molecule has 1 heterocycles. The van der Waals surface area contributed by atoms with Crippen LogP contribution in [0, 0.1) is 0 Å². The molecular formula is C13H18N2O. The lowest BCUT2D eigenvalue weighted by molar-refractivity contribution is -0.119. The lowest BCUT2D eigenvalue weighted by atomic mass is 10.0. The van der Waals surface area contributed by atoms with Crippen molar-refractivity contribution in [3.8, 4) is 0 Å². The van der Waals surface area contributed by atoms with E-state index in [4.69, 9.17) is 0 Å². The zero-order valence-electron chi connectivity index (χ0n) is 9.41. The number of carbonyl (C=O) groups is 1. The Morgan fingerprint density at radius 3 is 2.81 bits per heavy atom. The minimum absolute atomic E-state index is 0.0602. The molecule has 3 heteroatoms. The lowest BCUT2D eigenvalue weighted by Crippen LogP contribution is -2.42. The Morgan fingerprint density at radius 1 is 1.31 bits per heavy atom. The van der Waals surface area contributed by atoms with E-state index < -0.39 is 0 Å². The van der Waals surface area contributed by atoms with Crippen LogP contribution in [-0.2, 0) is 4.79 Å². The molecule has 0 aromatic heterocycles. The molecule has 1 aromatic carbocycles. The number of Topliss-reactive ketones (excluding diaryl/α,β-unsaturated/α-hetero) is 1. The number of anilines is 1. The third-order valence-electron chi connectivity index (χ3n) is 2.94. The molecule has 1 atom stereocenters. The molecule has 16 heavy (non-hydrogen) atoms. The van der Waals surface area contributed by atoms with Crippen LogP contribution in [0.25, 0.3) is 0 Å². The molecule has 3 nitrogen and oxygen atoms in total. The Bertz CT molecular complexity index is 331. The van der Waals surface area contributed by atoms with Gasteiger partial charge in [-0.2, -0.15) is 0 Å². The van der Waals surface area contributed by atoms with Crippen molar-refractivity contribution in [3.05, 3.63) is 30.3 Å². The van der Waals surface area contributed by atoms with Crippen LogP contribution >= 0.6 is 0 Å². The van der Waals surface area contributed by atoms with Gasteiger partial charge in [-0.3, -0.25) is 4.79 Å². The van der Waals surface area contributed by atoms with Gasteiger partial charge in [0.2, 0.25) is 0 Å². The highest BCUT2D eigenvalue weighted by molar-refractivity contribution is 5.87. The highest BCUT2D eigenvalue weighted by atomic mass is 16.1. The number of para-hydroxylation sites is 1. The SMILES string of the molecule is O=C(CNc1ccccc1)C1CCCCN1. The molecule has 2 N–H and O–H groups in total. The van der Waals surface area contributed by atoms with Gasteiger partial charge < -0.3 is 10.6 Å². The zero-order valence-corrected chi connectivity index (χ0v) is 9.41. The van der Waals surface area contributed by atoms with Gasteiger partial charge in [-0.25, -0.2) is 0 Å². The summed E-state index contributed by atoms with van der Waals surface area (Å²) in [5.41, 5.74) is 1.01. The Morgan fingerprint density at radius 2 is 2.12 bits per heavy atom. The lowest BCUT2D eigenvalue weighted by Gasteiger charge is -2.22. The van der Waals surface area contributed by atoms with Gasteiger partial charge in [-0.15, -0.1) is 0 Å². The van der Waals surface area contributed by atoms with Crippen molar-refractivity contribution in [1.29, 1.82) is 0 Å². The van der Waals surface area contributed by atoms with Crippen LogP contribution in [0.2, 0.25) is 0 Å². The van der Waals surface area contributed by atoms with Gasteiger partial charge in [0.25, 0.3) is 0 Å². The fourth-order valence-electron chi connectivity index (χ4n) is 2.00. The third-order valence-corrected chi connectivity index (χ3v) is 2.94. The summed E-state index contributed by atoms with van der Waals surface area (Å²) in [6.07, 6.45) is 3.33. The molecule has 1 aliphatic heterocycles. The molecule has 0 aliphatic carbocycles. The van der Waals surface area contributed by atoms with Gasteiger partial charge in [0, 0.05) is 5.69 Å². The molecule has 1 aromatic rings. The van der Waals surface area contributed by atoms with Crippen molar-refractivity contribution >= 4 is 11.5 Å². The molecule has 0 bridgehead atoms. The smallest absolute Gasteiger partial charge is 0.168 e. The van der Waals surface area contributed by atoms with Crippen LogP contribution in [0.1, 0.15) is 19.3 Å². The summed E-state index contributed by atoms with van der Waals surface area (Å²) >= 11 is 0. The first-order valence-corrected chi connectivity index (χ1v) is 5.91. The molecule has 86 valence electrons. The monoisotopic (exact) mass is 218 g/mol. The normalized spacial score (nSPS) is 20.4. The number of hydrogen-bond acceptors (Lipinski definition) is 3. The Labute approximate surface area is 96.2 Å². The molecular weight excluding hydrogens is 200 g/mol. The number of nitrogens with one attached hydrogen (secondary N) is 2. The fourth-order valence-corrected chi connectivity index (χ4v) is 2.00. The molecule has 0 spiro atoms. The minimum atomic E-state index is 0.0602. The highest BCUT2D eigenvalue weighted by Crippen LogP contribution is 2.09. The van der Waals surface area contributed by atoms with E-state index in [1.807, 2.05) is 30.3 Å². The Balaban J connectivity index is 1.79. The predicted octanol–water partition coefficient (Wildman–Crippen LogP) is 1.81. The third kappa shape index (κ3) is 3.07. The molecule has 1 saturated heterocycles. The zero-order chi connectivity index (χ0) is 11.2. The number of benzene rings is 1. The molecule has 2 rings (SSSR count). The molecule has 1 aliphatic rings. The topological polar surface area (TPSA) is 41.1 Å². The van der Waals surface area contributed by atoms with E-state index in [0.29, 0.717) is 6.54 Å². The Kier molecular flexibility index (Phi) is 3.94. The molecule has 1 fully saturated rings. The van der Waals surface area contributed by atoms with Crippen molar-refractivity contribution < 1.29 is 4.79 Å². The first-order valence-electron chi connectivity index (χ1n) is 5.91. The van der Waals surface area contributed by atoms with E-state index >= 15 is 0 Å². The summed E-state index contributed by atoms with van der Waals surface area (Å²) in [6, 6.07) is 9.90. The molecule has 0 saturated carbocycles. The Hall–Kier alpha value is -1.35. The van der Waals surface area contributed by atoms with Crippen molar-refractivity contribution in [1.82, 2.24) is 5.32 Å². The standard InChI is InChI=1S/C13H18N2O/c16-13(12-8-4-5-9-14-12)10-15-11-6-2-1-3-7-11/h1-3,6-7,12,14-15H,4-5,8-10H2. The summed E-state index contributed by atoms with van der Waals surface area (Å²) in [4.78, 5) is 11.8. The summed E-state index contributed by atoms with van der Waals surface area (Å²) in [5.74, 6) is 0.267. The maximum absolute atomic E-state index is 11.8. The van der Waals surface area contributed by atoms with E-state index in [1.165, 1.54) is 6.42 Å². The van der Waals surface area contributed by atoms with Gasteiger partial charge >= 0.3 is 0 Å². The van der Waals surface area contributed by atoms with Crippen molar-refractivity contribution in [2.75, 3.05) is 18.4 Å². The van der Waals surface area contributed by atoms with Crippen LogP contribution in [0.4, 0.5) is 5.69 Å². The maximum atomic E-state index is 11.8. The second kappa shape index (κ2) is 5.66. The summed E-state index contributed by atoms with van der Waals surface area (Å²) in [5, 5.41) is 6.42. The average Bonchev–Trinajstić information content (AvgIpc) is 2.38. The van der Waals surface area contributed by atoms with Gasteiger partial charge in [-0.1, -0.05) is 24.6 Å². The first-order chi connectivity index (χ1) is 7.86. The number of hydrogen-bond donors (Lipinski definition) is 2. The van der Waals surface area contributed by atoms with Crippen LogP contribution in [-0.4, -0.2) is 24.9 Å². The second-order valence-corrected chi connectivity index (χ2v) is 4.19. The van der Waals surface area contributed by atoms with E-state index in [2.05, 4.69) is 10.6 Å². The van der Waals surface area contributed by atoms with Crippen molar-refractivity contribution in [2.24, 2.45) is 0 Å². The van der Waals surface area contributed by atoms with Gasteiger partial charge in [0.05, 0.1) is 12.6 Å². The summed E-state index contributed by atoms with van der Waals surface area (Å²) in [7, 11) is 0. The van der Waals surface area contributed by atoms with E-state index in [1.54, 1.807) is 0 Å². The molecule has 1 unspecified atom stereocenters. The maximum Gasteiger partial charge on any atom is 0.168 e. The quantitative estimate of drug-likeness (QED) is 0.809. The number of ketones is 1. The highest BCUT2D eigenvalue weighted by Gasteiger charge is 2.19. The second-order valence-electron chi connectivity index (χ2n) is 4.19.